The van der Waals surface area contributed by atoms with E-state index in [4.69, 9.17) is 4.74 Å². The van der Waals surface area contributed by atoms with Crippen molar-refractivity contribution in [1.29, 1.82) is 0 Å². The fourth-order valence-electron chi connectivity index (χ4n) is 3.67. The third kappa shape index (κ3) is 6.37. The summed E-state index contributed by atoms with van der Waals surface area (Å²) in [6, 6.07) is 32.5. The number of hydrogen-bond acceptors (Lipinski definition) is 3. The minimum atomic E-state index is -0.352. The Morgan fingerprint density at radius 2 is 1.49 bits per heavy atom. The molecule has 0 aromatic heterocycles. The van der Waals surface area contributed by atoms with E-state index >= 15 is 0 Å². The van der Waals surface area contributed by atoms with Crippen molar-refractivity contribution in [3.63, 3.8) is 0 Å². The number of ether oxygens (including phenoxy) is 1. The van der Waals surface area contributed by atoms with E-state index in [1.165, 1.54) is 0 Å². The van der Waals surface area contributed by atoms with E-state index in [1.54, 1.807) is 36.2 Å². The molecule has 1 N–H and O–H groups in total. The lowest BCUT2D eigenvalue weighted by Crippen LogP contribution is -2.28. The van der Waals surface area contributed by atoms with Gasteiger partial charge in [-0.2, -0.15) is 0 Å². The Balaban J connectivity index is 1.39. The number of rotatable bonds is 8. The largest absolute Gasteiger partial charge is 0.483 e. The van der Waals surface area contributed by atoms with Crippen LogP contribution in [-0.4, -0.2) is 30.4 Å². The number of nitrogens with zero attached hydrogens (tertiary/aromatic N) is 1. The third-order valence-corrected chi connectivity index (χ3v) is 6.06. The van der Waals surface area contributed by atoms with Crippen molar-refractivity contribution in [2.75, 3.05) is 19.0 Å². The smallest absolute Gasteiger partial charge is 0.262 e. The molecule has 0 radical (unpaired) electrons. The summed E-state index contributed by atoms with van der Waals surface area (Å²) in [5, 5.41) is 2.81. The molecule has 0 aliphatic heterocycles. The van der Waals surface area contributed by atoms with Gasteiger partial charge in [-0.25, -0.2) is 0 Å². The zero-order chi connectivity index (χ0) is 24.6. The molecule has 0 atom stereocenters. The van der Waals surface area contributed by atoms with Crippen LogP contribution in [0, 0.1) is 0 Å². The minimum Gasteiger partial charge on any atom is -0.483 e. The van der Waals surface area contributed by atoms with Crippen molar-refractivity contribution in [2.24, 2.45) is 0 Å². The maximum absolute atomic E-state index is 13.1. The van der Waals surface area contributed by atoms with Gasteiger partial charge in [-0.05, 0) is 56.9 Å². The molecule has 0 saturated heterocycles. The van der Waals surface area contributed by atoms with Gasteiger partial charge in [0, 0.05) is 13.6 Å². The Labute approximate surface area is 213 Å². The molecule has 0 saturated carbocycles. The number of hydrogen-bond donors (Lipinski definition) is 1. The summed E-state index contributed by atoms with van der Waals surface area (Å²) >= 11 is 3.53. The van der Waals surface area contributed by atoms with Crippen molar-refractivity contribution in [3.05, 3.63) is 119 Å². The van der Waals surface area contributed by atoms with E-state index in [9.17, 15) is 9.59 Å². The third-order valence-electron chi connectivity index (χ3n) is 5.44. The summed E-state index contributed by atoms with van der Waals surface area (Å²) in [7, 11) is 1.74. The van der Waals surface area contributed by atoms with Crippen LogP contribution in [0.25, 0.3) is 11.1 Å². The zero-order valence-electron chi connectivity index (χ0n) is 19.3. The maximum atomic E-state index is 13.1. The van der Waals surface area contributed by atoms with Crippen LogP contribution in [0.3, 0.4) is 0 Å². The number of carbonyl (C=O) groups is 2. The quantitative estimate of drug-likeness (QED) is 0.287. The first-order chi connectivity index (χ1) is 17.0. The van der Waals surface area contributed by atoms with Gasteiger partial charge in [0.2, 0.25) is 0 Å². The Bertz CT molecular complexity index is 1310. The number of benzene rings is 4. The maximum Gasteiger partial charge on any atom is 0.262 e. The normalized spacial score (nSPS) is 10.5. The monoisotopic (exact) mass is 528 g/mol. The topological polar surface area (TPSA) is 58.6 Å². The van der Waals surface area contributed by atoms with E-state index in [0.717, 1.165) is 21.2 Å². The molecule has 35 heavy (non-hydrogen) atoms. The fraction of sp³-hybridized carbons (Fsp3) is 0.103. The van der Waals surface area contributed by atoms with Crippen LogP contribution in [0.1, 0.15) is 15.9 Å². The molecule has 4 aromatic carbocycles. The first-order valence-electron chi connectivity index (χ1n) is 11.2. The van der Waals surface area contributed by atoms with Crippen LogP contribution in [0.5, 0.6) is 5.75 Å². The van der Waals surface area contributed by atoms with E-state index in [0.29, 0.717) is 23.5 Å². The number of para-hydroxylation sites is 1. The molecule has 0 unspecified atom stereocenters. The first-order valence-corrected chi connectivity index (χ1v) is 12.0. The molecular weight excluding hydrogens is 504 g/mol. The Morgan fingerprint density at radius 1 is 0.829 bits per heavy atom. The van der Waals surface area contributed by atoms with Gasteiger partial charge in [-0.15, -0.1) is 0 Å². The highest BCUT2D eigenvalue weighted by atomic mass is 79.9. The predicted molar refractivity (Wildman–Crippen MR) is 142 cm³/mol. The van der Waals surface area contributed by atoms with Gasteiger partial charge in [-0.3, -0.25) is 9.59 Å². The molecule has 4 rings (SSSR count). The first kappa shape index (κ1) is 24.2. The van der Waals surface area contributed by atoms with Gasteiger partial charge < -0.3 is 15.0 Å². The van der Waals surface area contributed by atoms with Crippen molar-refractivity contribution in [2.45, 2.75) is 6.54 Å². The Kier molecular flexibility index (Phi) is 7.95. The summed E-state index contributed by atoms with van der Waals surface area (Å²) < 4.78 is 6.49. The van der Waals surface area contributed by atoms with Crippen LogP contribution in [-0.2, 0) is 11.3 Å². The number of nitrogens with one attached hydrogen (secondary N) is 1. The van der Waals surface area contributed by atoms with Gasteiger partial charge in [0.15, 0.2) is 6.61 Å². The van der Waals surface area contributed by atoms with Gasteiger partial charge in [-0.1, -0.05) is 78.9 Å². The van der Waals surface area contributed by atoms with Gasteiger partial charge in [0.25, 0.3) is 11.8 Å². The van der Waals surface area contributed by atoms with Crippen LogP contribution in [0.15, 0.2) is 108 Å². The zero-order valence-corrected chi connectivity index (χ0v) is 20.9. The van der Waals surface area contributed by atoms with E-state index < -0.39 is 0 Å². The van der Waals surface area contributed by atoms with Gasteiger partial charge >= 0.3 is 0 Å². The second-order valence-electron chi connectivity index (χ2n) is 8.04. The van der Waals surface area contributed by atoms with E-state index in [-0.39, 0.29) is 18.4 Å². The predicted octanol–water partition coefficient (Wildman–Crippen LogP) is 6.41. The SMILES string of the molecule is CN(Cc1ccccc1)C(=O)c1ccccc1NC(=O)COc1ccc(-c2ccccc2)cc1Br. The average molecular weight is 529 g/mol. The lowest BCUT2D eigenvalue weighted by atomic mass is 10.1. The van der Waals surface area contributed by atoms with Crippen molar-refractivity contribution in [3.8, 4) is 16.9 Å². The van der Waals surface area contributed by atoms with Crippen molar-refractivity contribution in [1.82, 2.24) is 4.90 Å². The molecule has 5 nitrogen and oxygen atoms in total. The highest BCUT2D eigenvalue weighted by molar-refractivity contribution is 9.10. The lowest BCUT2D eigenvalue weighted by molar-refractivity contribution is -0.118. The summed E-state index contributed by atoms with van der Waals surface area (Å²) in [6.07, 6.45) is 0. The van der Waals surface area contributed by atoms with Crippen LogP contribution in [0.4, 0.5) is 5.69 Å². The number of anilines is 1. The molecule has 0 aliphatic rings. The van der Waals surface area contributed by atoms with Crippen molar-refractivity contribution < 1.29 is 14.3 Å². The molecule has 6 heteroatoms. The average Bonchev–Trinajstić information content (AvgIpc) is 2.89. The molecule has 0 aliphatic carbocycles. The van der Waals surface area contributed by atoms with E-state index in [2.05, 4.69) is 21.2 Å². The van der Waals surface area contributed by atoms with Crippen LogP contribution >= 0.6 is 15.9 Å². The molecule has 0 spiro atoms. The highest BCUT2D eigenvalue weighted by Crippen LogP contribution is 2.30. The summed E-state index contributed by atoms with van der Waals surface area (Å²) in [4.78, 5) is 27.3. The van der Waals surface area contributed by atoms with Crippen molar-refractivity contribution >= 4 is 33.4 Å². The van der Waals surface area contributed by atoms with Crippen LogP contribution in [0.2, 0.25) is 0 Å². The summed E-state index contributed by atoms with van der Waals surface area (Å²) in [6.45, 7) is 0.281. The summed E-state index contributed by atoms with van der Waals surface area (Å²) in [5.74, 6) is 0.0340. The Hall–Kier alpha value is -3.90. The Morgan fingerprint density at radius 3 is 2.20 bits per heavy atom. The second-order valence-corrected chi connectivity index (χ2v) is 8.89. The van der Waals surface area contributed by atoms with Crippen LogP contribution < -0.4 is 10.1 Å². The van der Waals surface area contributed by atoms with Gasteiger partial charge in [0.1, 0.15) is 5.75 Å². The van der Waals surface area contributed by atoms with Gasteiger partial charge in [0.05, 0.1) is 15.7 Å². The molecule has 2 amide bonds. The lowest BCUT2D eigenvalue weighted by Gasteiger charge is -2.19. The number of carbonyl (C=O) groups excluding carboxylic acids is 2. The minimum absolute atomic E-state index is 0.176. The standard InChI is InChI=1S/C29H25BrN2O3/c1-32(19-21-10-4-2-5-11-21)29(34)24-14-8-9-15-26(24)31-28(33)20-35-27-17-16-23(18-25(27)30)22-12-6-3-7-13-22/h2-18H,19-20H2,1H3,(H,31,33). The number of halogens is 1. The fourth-order valence-corrected chi connectivity index (χ4v) is 4.16. The molecule has 0 fully saturated rings. The van der Waals surface area contributed by atoms with E-state index in [1.807, 2.05) is 78.9 Å². The molecule has 0 bridgehead atoms. The molecule has 0 heterocycles. The molecule has 176 valence electrons. The highest BCUT2D eigenvalue weighted by Gasteiger charge is 2.17. The second kappa shape index (κ2) is 11.5. The number of amides is 2. The summed E-state index contributed by atoms with van der Waals surface area (Å²) in [5.41, 5.74) is 4.04. The molecular formula is C29H25BrN2O3. The molecule has 4 aromatic rings.